The highest BCUT2D eigenvalue weighted by Gasteiger charge is 2.21. The number of nitriles is 1. The van der Waals surface area contributed by atoms with E-state index in [2.05, 4.69) is 47.5 Å². The van der Waals surface area contributed by atoms with Crippen LogP contribution >= 0.6 is 0 Å². The molecule has 3 rings (SSSR count). The van der Waals surface area contributed by atoms with Gasteiger partial charge in [0.1, 0.15) is 0 Å². The molecule has 1 saturated heterocycles. The third-order valence-corrected chi connectivity index (χ3v) is 4.41. The molecular weight excluding hydrogens is 312 g/mol. The van der Waals surface area contributed by atoms with Gasteiger partial charge in [0.15, 0.2) is 0 Å². The number of nitrogens with one attached hydrogen (secondary N) is 1. The van der Waals surface area contributed by atoms with Crippen molar-refractivity contribution in [3.63, 3.8) is 0 Å². The number of hydrogen-bond donors (Lipinski definition) is 1. The van der Waals surface area contributed by atoms with Crippen molar-refractivity contribution in [3.8, 4) is 6.07 Å². The van der Waals surface area contributed by atoms with E-state index in [-0.39, 0.29) is 6.03 Å². The molecule has 2 aromatic rings. The highest BCUT2D eigenvalue weighted by atomic mass is 16.2. The van der Waals surface area contributed by atoms with Crippen LogP contribution in [0.15, 0.2) is 48.5 Å². The fourth-order valence-corrected chi connectivity index (χ4v) is 3.01. The van der Waals surface area contributed by atoms with Crippen LogP contribution in [0.3, 0.4) is 0 Å². The van der Waals surface area contributed by atoms with E-state index in [1.165, 1.54) is 11.1 Å². The minimum atomic E-state index is -0.0834. The van der Waals surface area contributed by atoms with Gasteiger partial charge in [0, 0.05) is 38.4 Å². The summed E-state index contributed by atoms with van der Waals surface area (Å²) in [6, 6.07) is 17.5. The maximum atomic E-state index is 12.4. The number of rotatable bonds is 3. The Morgan fingerprint density at radius 2 is 1.84 bits per heavy atom. The van der Waals surface area contributed by atoms with E-state index < -0.39 is 0 Å². The summed E-state index contributed by atoms with van der Waals surface area (Å²) >= 11 is 0. The second kappa shape index (κ2) is 7.82. The van der Waals surface area contributed by atoms with E-state index in [1.807, 2.05) is 4.90 Å². The molecule has 1 aliphatic rings. The molecule has 0 unspecified atom stereocenters. The van der Waals surface area contributed by atoms with E-state index in [1.54, 1.807) is 24.3 Å². The minimum Gasteiger partial charge on any atom is -0.322 e. The smallest absolute Gasteiger partial charge is 0.321 e. The lowest BCUT2D eigenvalue weighted by Crippen LogP contribution is -2.49. The second-order valence-corrected chi connectivity index (χ2v) is 6.37. The molecule has 5 heteroatoms. The summed E-state index contributed by atoms with van der Waals surface area (Å²) in [5.74, 6) is 0. The van der Waals surface area contributed by atoms with Crippen molar-refractivity contribution in [1.29, 1.82) is 5.26 Å². The van der Waals surface area contributed by atoms with Gasteiger partial charge in [-0.05, 0) is 36.8 Å². The fourth-order valence-electron chi connectivity index (χ4n) is 3.01. The molecular formula is C20H22N4O. The number of carbonyl (C=O) groups excluding carboxylic acids is 1. The average Bonchev–Trinajstić information content (AvgIpc) is 2.63. The number of anilines is 1. The molecule has 1 aliphatic heterocycles. The standard InChI is InChI=1S/C20H22N4O/c1-16-3-2-4-18(13-16)15-23-9-11-24(12-10-23)20(25)22-19-7-5-17(14-21)6-8-19/h2-8,13H,9-12,15H2,1H3,(H,22,25). The molecule has 2 amide bonds. The Morgan fingerprint density at radius 3 is 2.48 bits per heavy atom. The third kappa shape index (κ3) is 4.59. The van der Waals surface area contributed by atoms with Crippen molar-refractivity contribution >= 4 is 11.7 Å². The van der Waals surface area contributed by atoms with Gasteiger partial charge in [-0.3, -0.25) is 4.90 Å². The quantitative estimate of drug-likeness (QED) is 0.937. The largest absolute Gasteiger partial charge is 0.322 e. The summed E-state index contributed by atoms with van der Waals surface area (Å²) < 4.78 is 0. The summed E-state index contributed by atoms with van der Waals surface area (Å²) in [6.07, 6.45) is 0. The molecule has 0 radical (unpaired) electrons. The van der Waals surface area contributed by atoms with E-state index in [9.17, 15) is 4.79 Å². The van der Waals surface area contributed by atoms with Gasteiger partial charge in [0.25, 0.3) is 0 Å². The first kappa shape index (κ1) is 17.0. The lowest BCUT2D eigenvalue weighted by Gasteiger charge is -2.34. The van der Waals surface area contributed by atoms with Crippen molar-refractivity contribution in [3.05, 3.63) is 65.2 Å². The zero-order chi connectivity index (χ0) is 17.6. The monoisotopic (exact) mass is 334 g/mol. The normalized spacial score (nSPS) is 14.8. The van der Waals surface area contributed by atoms with Gasteiger partial charge in [-0.25, -0.2) is 4.79 Å². The Morgan fingerprint density at radius 1 is 1.12 bits per heavy atom. The summed E-state index contributed by atoms with van der Waals surface area (Å²) in [6.45, 7) is 6.20. The van der Waals surface area contributed by atoms with Gasteiger partial charge in [-0.15, -0.1) is 0 Å². The van der Waals surface area contributed by atoms with Crippen LogP contribution in [0.4, 0.5) is 10.5 Å². The van der Waals surface area contributed by atoms with Crippen LogP contribution in [0.5, 0.6) is 0 Å². The van der Waals surface area contributed by atoms with Crippen LogP contribution in [0.25, 0.3) is 0 Å². The van der Waals surface area contributed by atoms with E-state index in [0.29, 0.717) is 24.3 Å². The number of urea groups is 1. The SMILES string of the molecule is Cc1cccc(CN2CCN(C(=O)Nc3ccc(C#N)cc3)CC2)c1. The zero-order valence-corrected chi connectivity index (χ0v) is 14.4. The van der Waals surface area contributed by atoms with Crippen molar-refractivity contribution < 1.29 is 4.79 Å². The highest BCUT2D eigenvalue weighted by Crippen LogP contribution is 2.13. The first-order chi connectivity index (χ1) is 12.1. The topological polar surface area (TPSA) is 59.4 Å². The maximum absolute atomic E-state index is 12.4. The van der Waals surface area contributed by atoms with Crippen molar-refractivity contribution in [1.82, 2.24) is 9.80 Å². The predicted molar refractivity (Wildman–Crippen MR) is 98.2 cm³/mol. The lowest BCUT2D eigenvalue weighted by molar-refractivity contribution is 0.143. The molecule has 0 bridgehead atoms. The number of aryl methyl sites for hydroxylation is 1. The number of carbonyl (C=O) groups is 1. The van der Waals surface area contributed by atoms with Crippen molar-refractivity contribution in [2.24, 2.45) is 0 Å². The maximum Gasteiger partial charge on any atom is 0.321 e. The summed E-state index contributed by atoms with van der Waals surface area (Å²) in [7, 11) is 0. The number of hydrogen-bond acceptors (Lipinski definition) is 3. The average molecular weight is 334 g/mol. The summed E-state index contributed by atoms with van der Waals surface area (Å²) in [4.78, 5) is 16.6. The van der Waals surface area contributed by atoms with Crippen LogP contribution in [-0.4, -0.2) is 42.0 Å². The molecule has 1 fully saturated rings. The molecule has 128 valence electrons. The number of benzene rings is 2. The third-order valence-electron chi connectivity index (χ3n) is 4.41. The Balaban J connectivity index is 1.49. The number of nitrogens with zero attached hydrogens (tertiary/aromatic N) is 3. The number of amides is 2. The molecule has 5 nitrogen and oxygen atoms in total. The van der Waals surface area contributed by atoms with Gasteiger partial charge in [0.05, 0.1) is 11.6 Å². The van der Waals surface area contributed by atoms with Gasteiger partial charge < -0.3 is 10.2 Å². The first-order valence-electron chi connectivity index (χ1n) is 8.48. The zero-order valence-electron chi connectivity index (χ0n) is 14.4. The highest BCUT2D eigenvalue weighted by molar-refractivity contribution is 5.89. The second-order valence-electron chi connectivity index (χ2n) is 6.37. The molecule has 2 aromatic carbocycles. The fraction of sp³-hybridized carbons (Fsp3) is 0.300. The summed E-state index contributed by atoms with van der Waals surface area (Å²) in [5.41, 5.74) is 3.89. The van der Waals surface area contributed by atoms with Crippen molar-refractivity contribution in [2.45, 2.75) is 13.5 Å². The number of piperazine rings is 1. The van der Waals surface area contributed by atoms with Crippen LogP contribution in [0, 0.1) is 18.3 Å². The Labute approximate surface area is 148 Å². The minimum absolute atomic E-state index is 0.0834. The Bertz CT molecular complexity index is 771. The van der Waals surface area contributed by atoms with E-state index in [4.69, 9.17) is 5.26 Å². The first-order valence-corrected chi connectivity index (χ1v) is 8.48. The Hall–Kier alpha value is -2.84. The van der Waals surface area contributed by atoms with Crippen molar-refractivity contribution in [2.75, 3.05) is 31.5 Å². The molecule has 0 atom stereocenters. The van der Waals surface area contributed by atoms with E-state index in [0.717, 1.165) is 19.6 Å². The predicted octanol–water partition coefficient (Wildman–Crippen LogP) is 3.22. The van der Waals surface area contributed by atoms with Gasteiger partial charge in [0.2, 0.25) is 0 Å². The molecule has 1 heterocycles. The molecule has 1 N–H and O–H groups in total. The molecule has 0 aromatic heterocycles. The van der Waals surface area contributed by atoms with E-state index >= 15 is 0 Å². The lowest BCUT2D eigenvalue weighted by atomic mass is 10.1. The van der Waals surface area contributed by atoms with Gasteiger partial charge in [-0.2, -0.15) is 5.26 Å². The molecule has 0 saturated carbocycles. The Kier molecular flexibility index (Phi) is 5.32. The van der Waals surface area contributed by atoms with Crippen LogP contribution in [-0.2, 0) is 6.54 Å². The molecule has 0 spiro atoms. The van der Waals surface area contributed by atoms with Gasteiger partial charge in [-0.1, -0.05) is 29.8 Å². The molecule has 0 aliphatic carbocycles. The molecule has 25 heavy (non-hydrogen) atoms. The van der Waals surface area contributed by atoms with Crippen LogP contribution < -0.4 is 5.32 Å². The van der Waals surface area contributed by atoms with Gasteiger partial charge >= 0.3 is 6.03 Å². The van der Waals surface area contributed by atoms with Crippen LogP contribution in [0.1, 0.15) is 16.7 Å². The summed E-state index contributed by atoms with van der Waals surface area (Å²) in [5, 5.41) is 11.7. The van der Waals surface area contributed by atoms with Crippen LogP contribution in [0.2, 0.25) is 0 Å².